The maximum Gasteiger partial charge on any atom is 0.310 e. The molecule has 22 heavy (non-hydrogen) atoms. The van der Waals surface area contributed by atoms with Crippen molar-refractivity contribution >= 4 is 22.9 Å². The third kappa shape index (κ3) is 3.43. The lowest BCUT2D eigenvalue weighted by Gasteiger charge is -2.05. The number of nitrogens with one attached hydrogen (secondary N) is 1. The molecule has 1 fully saturated rings. The quantitative estimate of drug-likeness (QED) is 0.655. The number of amides is 1. The molecule has 0 spiro atoms. The molecule has 1 amide bonds. The molecule has 2 aromatic rings. The first-order chi connectivity index (χ1) is 10.6. The number of hydrogen-bond donors (Lipinski definition) is 1. The lowest BCUT2D eigenvalue weighted by molar-refractivity contribution is -0.385. The van der Waals surface area contributed by atoms with Crippen LogP contribution in [-0.4, -0.2) is 16.9 Å². The standard InChI is InChI=1S/C15H14N2O4S/c18-15(16-11-5-6-11)14-7-10(9-22-14)8-21-13-4-2-1-3-12(13)17(19)20/h1-4,7,9,11H,5-6,8H2,(H,16,18). The van der Waals surface area contributed by atoms with Gasteiger partial charge in [0.1, 0.15) is 6.61 Å². The number of nitro benzene ring substituents is 1. The van der Waals surface area contributed by atoms with Crippen LogP contribution in [0.3, 0.4) is 0 Å². The Bertz CT molecular complexity index is 709. The monoisotopic (exact) mass is 318 g/mol. The van der Waals surface area contributed by atoms with E-state index in [0.29, 0.717) is 10.9 Å². The van der Waals surface area contributed by atoms with Crippen molar-refractivity contribution in [2.24, 2.45) is 0 Å². The van der Waals surface area contributed by atoms with Crippen LogP contribution < -0.4 is 10.1 Å². The van der Waals surface area contributed by atoms with E-state index >= 15 is 0 Å². The largest absolute Gasteiger partial charge is 0.482 e. The lowest BCUT2D eigenvalue weighted by Crippen LogP contribution is -2.24. The third-order valence-corrected chi connectivity index (χ3v) is 4.22. The van der Waals surface area contributed by atoms with E-state index in [1.54, 1.807) is 24.3 Å². The van der Waals surface area contributed by atoms with Gasteiger partial charge in [0.05, 0.1) is 9.80 Å². The van der Waals surface area contributed by atoms with Crippen LogP contribution in [0.25, 0.3) is 0 Å². The van der Waals surface area contributed by atoms with Crippen LogP contribution in [0.1, 0.15) is 28.1 Å². The number of nitro groups is 1. The van der Waals surface area contributed by atoms with Crippen molar-refractivity contribution in [3.63, 3.8) is 0 Å². The summed E-state index contributed by atoms with van der Waals surface area (Å²) in [7, 11) is 0. The maximum atomic E-state index is 11.9. The van der Waals surface area contributed by atoms with Gasteiger partial charge in [-0.05, 0) is 30.4 Å². The molecule has 1 aliphatic carbocycles. The summed E-state index contributed by atoms with van der Waals surface area (Å²) in [6.45, 7) is 0.193. The minimum absolute atomic E-state index is 0.0653. The summed E-state index contributed by atoms with van der Waals surface area (Å²) < 4.78 is 5.50. The summed E-state index contributed by atoms with van der Waals surface area (Å²) in [5.74, 6) is 0.159. The van der Waals surface area contributed by atoms with Crippen LogP contribution in [0.15, 0.2) is 35.7 Å². The number of rotatable bonds is 6. The molecule has 114 valence electrons. The molecule has 0 unspecified atom stereocenters. The zero-order valence-electron chi connectivity index (χ0n) is 11.7. The average Bonchev–Trinajstić information content (AvgIpc) is 3.19. The first kappa shape index (κ1) is 14.5. The highest BCUT2D eigenvalue weighted by Gasteiger charge is 2.24. The number of hydrogen-bond acceptors (Lipinski definition) is 5. The van der Waals surface area contributed by atoms with Crippen molar-refractivity contribution in [2.75, 3.05) is 0 Å². The van der Waals surface area contributed by atoms with E-state index in [-0.39, 0.29) is 24.0 Å². The van der Waals surface area contributed by atoms with E-state index in [0.717, 1.165) is 18.4 Å². The van der Waals surface area contributed by atoms with E-state index in [2.05, 4.69) is 5.32 Å². The molecule has 6 nitrogen and oxygen atoms in total. The molecule has 1 saturated carbocycles. The van der Waals surface area contributed by atoms with E-state index in [1.807, 2.05) is 5.38 Å². The molecule has 3 rings (SSSR count). The van der Waals surface area contributed by atoms with Gasteiger partial charge in [-0.1, -0.05) is 12.1 Å². The first-order valence-electron chi connectivity index (χ1n) is 6.88. The Labute approximate surface area is 130 Å². The van der Waals surface area contributed by atoms with Crippen LogP contribution in [0.5, 0.6) is 5.75 Å². The second-order valence-corrected chi connectivity index (χ2v) is 5.99. The molecule has 0 aliphatic heterocycles. The summed E-state index contributed by atoms with van der Waals surface area (Å²) in [6, 6.07) is 8.32. The molecule has 1 aromatic heterocycles. The predicted octanol–water partition coefficient (Wildman–Crippen LogP) is 3.13. The molecule has 0 bridgehead atoms. The van der Waals surface area contributed by atoms with Crippen LogP contribution in [0.2, 0.25) is 0 Å². The second-order valence-electron chi connectivity index (χ2n) is 5.08. The average molecular weight is 318 g/mol. The Morgan fingerprint density at radius 1 is 1.41 bits per heavy atom. The van der Waals surface area contributed by atoms with Crippen molar-refractivity contribution < 1.29 is 14.5 Å². The number of thiophene rings is 1. The van der Waals surface area contributed by atoms with E-state index in [4.69, 9.17) is 4.74 Å². The molecule has 1 aliphatic rings. The number of para-hydroxylation sites is 2. The Balaban J connectivity index is 1.63. The van der Waals surface area contributed by atoms with Crippen LogP contribution >= 0.6 is 11.3 Å². The number of ether oxygens (including phenoxy) is 1. The minimum Gasteiger partial charge on any atom is -0.482 e. The molecule has 1 aromatic carbocycles. The van der Waals surface area contributed by atoms with Gasteiger partial charge in [-0.3, -0.25) is 14.9 Å². The zero-order chi connectivity index (χ0) is 15.5. The Hall–Kier alpha value is -2.41. The number of benzene rings is 1. The van der Waals surface area contributed by atoms with Gasteiger partial charge in [0.25, 0.3) is 5.91 Å². The molecule has 0 radical (unpaired) electrons. The zero-order valence-corrected chi connectivity index (χ0v) is 12.5. The van der Waals surface area contributed by atoms with Crippen molar-refractivity contribution in [3.8, 4) is 5.75 Å². The normalized spacial score (nSPS) is 13.6. The molecule has 0 atom stereocenters. The van der Waals surface area contributed by atoms with E-state index in [9.17, 15) is 14.9 Å². The summed E-state index contributed by atoms with van der Waals surface area (Å²) in [6.07, 6.45) is 2.09. The van der Waals surface area contributed by atoms with Gasteiger partial charge in [0.2, 0.25) is 0 Å². The van der Waals surface area contributed by atoms with E-state index < -0.39 is 4.92 Å². The SMILES string of the molecule is O=C(NC1CC1)c1cc(COc2ccccc2[N+](=O)[O-])cs1. The molecule has 1 N–H and O–H groups in total. The van der Waals surface area contributed by atoms with Crippen molar-refractivity contribution in [1.82, 2.24) is 5.32 Å². The second kappa shape index (κ2) is 6.15. The van der Waals surface area contributed by atoms with Crippen LogP contribution in [-0.2, 0) is 6.61 Å². The van der Waals surface area contributed by atoms with E-state index in [1.165, 1.54) is 17.4 Å². The van der Waals surface area contributed by atoms with Crippen LogP contribution in [0.4, 0.5) is 5.69 Å². The van der Waals surface area contributed by atoms with Crippen molar-refractivity contribution in [3.05, 3.63) is 56.3 Å². The highest BCUT2D eigenvalue weighted by Crippen LogP contribution is 2.27. The Morgan fingerprint density at radius 2 is 2.18 bits per heavy atom. The van der Waals surface area contributed by atoms with Gasteiger partial charge in [-0.2, -0.15) is 0 Å². The number of carbonyl (C=O) groups excluding carboxylic acids is 1. The van der Waals surface area contributed by atoms with Gasteiger partial charge < -0.3 is 10.1 Å². The molecule has 0 saturated heterocycles. The third-order valence-electron chi connectivity index (χ3n) is 3.25. The fourth-order valence-corrected chi connectivity index (χ4v) is 2.75. The van der Waals surface area contributed by atoms with Crippen molar-refractivity contribution in [2.45, 2.75) is 25.5 Å². The Morgan fingerprint density at radius 3 is 2.91 bits per heavy atom. The topological polar surface area (TPSA) is 81.5 Å². The van der Waals surface area contributed by atoms with Crippen molar-refractivity contribution in [1.29, 1.82) is 0 Å². The number of carbonyl (C=O) groups is 1. The summed E-state index contributed by atoms with van der Waals surface area (Å²) >= 11 is 1.35. The highest BCUT2D eigenvalue weighted by molar-refractivity contribution is 7.12. The molecular weight excluding hydrogens is 304 g/mol. The molecule has 1 heterocycles. The van der Waals surface area contributed by atoms with Gasteiger partial charge in [0.15, 0.2) is 5.75 Å². The first-order valence-corrected chi connectivity index (χ1v) is 7.76. The molecule has 7 heteroatoms. The van der Waals surface area contributed by atoms with Gasteiger partial charge in [-0.25, -0.2) is 0 Å². The number of nitrogens with zero attached hydrogens (tertiary/aromatic N) is 1. The highest BCUT2D eigenvalue weighted by atomic mass is 32.1. The fourth-order valence-electron chi connectivity index (χ4n) is 1.95. The van der Waals surface area contributed by atoms with Gasteiger partial charge in [0, 0.05) is 17.7 Å². The summed E-state index contributed by atoms with van der Waals surface area (Å²) in [4.78, 5) is 23.0. The minimum atomic E-state index is -0.475. The summed E-state index contributed by atoms with van der Waals surface area (Å²) in [5.41, 5.74) is 0.758. The van der Waals surface area contributed by atoms with Gasteiger partial charge in [-0.15, -0.1) is 11.3 Å². The Kier molecular flexibility index (Phi) is 4.06. The maximum absolute atomic E-state index is 11.9. The fraction of sp³-hybridized carbons (Fsp3) is 0.267. The predicted molar refractivity (Wildman–Crippen MR) is 82.2 cm³/mol. The summed E-state index contributed by atoms with van der Waals surface area (Å²) in [5, 5.41) is 15.7. The van der Waals surface area contributed by atoms with Crippen LogP contribution in [0, 0.1) is 10.1 Å². The van der Waals surface area contributed by atoms with Gasteiger partial charge >= 0.3 is 5.69 Å². The smallest absolute Gasteiger partial charge is 0.310 e. The molecular formula is C15H14N2O4S. The lowest BCUT2D eigenvalue weighted by atomic mass is 10.3.